The molecule has 0 amide bonds. The summed E-state index contributed by atoms with van der Waals surface area (Å²) in [6.45, 7) is 6.53. The maximum atomic E-state index is 8.49. The van der Waals surface area contributed by atoms with E-state index in [4.69, 9.17) is 36.2 Å². The van der Waals surface area contributed by atoms with Gasteiger partial charge in [0.1, 0.15) is 10.9 Å². The zero-order chi connectivity index (χ0) is 25.0. The molecular weight excluding hydrogens is 491 g/mol. The minimum atomic E-state index is -4.94. The number of nitrogens with zero attached hydrogens (tertiary/aromatic N) is 1. The number of thiol groups is 1. The zero-order valence-electron chi connectivity index (χ0n) is 19.0. The van der Waals surface area contributed by atoms with E-state index in [1.54, 1.807) is 0 Å². The Balaban J connectivity index is 0.000000588. The largest absolute Gasteiger partial charge is 0.340 e. The zero-order valence-corrected chi connectivity index (χ0v) is 21.6. The number of H-pyrrole nitrogens is 1. The van der Waals surface area contributed by atoms with Gasteiger partial charge in [0.25, 0.3) is 0 Å². The van der Waals surface area contributed by atoms with Gasteiger partial charge in [-0.15, -0.1) is 22.9 Å². The lowest BCUT2D eigenvalue weighted by molar-refractivity contribution is -2.00. The number of halogens is 1. The first kappa shape index (κ1) is 26.4. The van der Waals surface area contributed by atoms with Crippen molar-refractivity contribution < 1.29 is 28.9 Å². The van der Waals surface area contributed by atoms with Crippen molar-refractivity contribution in [3.05, 3.63) is 96.8 Å². The highest BCUT2D eigenvalue weighted by molar-refractivity contribution is 8.02. The number of imidazole rings is 1. The van der Waals surface area contributed by atoms with Crippen molar-refractivity contribution in [3.8, 4) is 0 Å². The molecule has 1 heterocycles. The van der Waals surface area contributed by atoms with Gasteiger partial charge >= 0.3 is 0 Å². The predicted molar refractivity (Wildman–Crippen MR) is 129 cm³/mol. The summed E-state index contributed by atoms with van der Waals surface area (Å²) in [5.41, 5.74) is 1.02. The third-order valence-electron chi connectivity index (χ3n) is 5.14. The van der Waals surface area contributed by atoms with Gasteiger partial charge in [-0.2, -0.15) is 0 Å². The third-order valence-corrected chi connectivity index (χ3v) is 9.86. The molecule has 0 aliphatic carbocycles. The van der Waals surface area contributed by atoms with Crippen molar-refractivity contribution in [2.75, 3.05) is 0 Å². The molecule has 3 aromatic carbocycles. The van der Waals surface area contributed by atoms with E-state index in [0.29, 0.717) is 0 Å². The summed E-state index contributed by atoms with van der Waals surface area (Å²) >= 11 is 4.88. The molecule has 1 N–H and O–H groups in total. The lowest BCUT2D eigenvalue weighted by Crippen LogP contribution is -2.68. The van der Waals surface area contributed by atoms with Crippen LogP contribution in [0.4, 0.5) is 0 Å². The van der Waals surface area contributed by atoms with Crippen LogP contribution in [0, 0.1) is 10.2 Å². The number of hydrogen-bond donors (Lipinski definition) is 2. The number of benzene rings is 3. The smallest absolute Gasteiger partial charge is 0.120 e. The second-order valence-corrected chi connectivity index (χ2v) is 13.1. The van der Waals surface area contributed by atoms with Gasteiger partial charge in [0.15, 0.2) is 0 Å². The summed E-state index contributed by atoms with van der Waals surface area (Å²) < 4.78 is 34.0. The van der Waals surface area contributed by atoms with Crippen molar-refractivity contribution in [3.63, 3.8) is 0 Å². The molecule has 6 nitrogen and oxygen atoms in total. The van der Waals surface area contributed by atoms with Crippen molar-refractivity contribution in [2.24, 2.45) is 0 Å². The Morgan fingerprint density at radius 2 is 1.03 bits per heavy atom. The standard InChI is InChI=1S/C25H26N2PS.ClHO4/c1-25(2,3)24-26-22(23(29)27-24)28(19-13-7-4-8-14-19,20-15-9-5-10-16-20)21-17-11-6-12-18-21;2-1(3,4)5/h4-18,29H,1-3H3,(H,26,27);(H,2,3,4,5)/p-1. The summed E-state index contributed by atoms with van der Waals surface area (Å²) in [5.74, 6) is 0.963. The number of aromatic amines is 1. The van der Waals surface area contributed by atoms with Gasteiger partial charge in [-0.05, 0) is 15.9 Å². The monoisotopic (exact) mass is 516 g/mol. The average molecular weight is 517 g/mol. The summed E-state index contributed by atoms with van der Waals surface area (Å²) in [6, 6.07) is 32.3. The third kappa shape index (κ3) is 6.06. The molecule has 34 heavy (non-hydrogen) atoms. The highest BCUT2D eigenvalue weighted by atomic mass is 35.7. The minimum absolute atomic E-state index is 0.0878. The topological polar surface area (TPSA) is 121 Å². The molecule has 0 saturated heterocycles. The number of rotatable bonds is 4. The van der Waals surface area contributed by atoms with Crippen LogP contribution < -0.4 is 40.0 Å². The average Bonchev–Trinajstić information content (AvgIpc) is 3.18. The molecule has 0 fully saturated rings. The Bertz CT molecular complexity index is 1090. The van der Waals surface area contributed by atoms with Crippen LogP contribution in [-0.2, 0) is 5.41 Å². The Kier molecular flexibility index (Phi) is 8.22. The molecule has 0 saturated carbocycles. The van der Waals surface area contributed by atoms with E-state index in [0.717, 1.165) is 16.3 Å². The van der Waals surface area contributed by atoms with Crippen LogP contribution in [0.1, 0.15) is 26.6 Å². The van der Waals surface area contributed by atoms with E-state index in [9.17, 15) is 0 Å². The molecule has 1 radical (unpaired) electrons. The lowest BCUT2D eigenvalue weighted by atomic mass is 9.96. The van der Waals surface area contributed by atoms with Crippen molar-refractivity contribution in [2.45, 2.75) is 31.2 Å². The quantitative estimate of drug-likeness (QED) is 0.289. The minimum Gasteiger partial charge on any atom is -0.340 e. The van der Waals surface area contributed by atoms with Crippen LogP contribution in [0.5, 0.6) is 0 Å². The Morgan fingerprint density at radius 1 is 0.706 bits per heavy atom. The molecule has 0 spiro atoms. The maximum absolute atomic E-state index is 8.49. The van der Waals surface area contributed by atoms with Crippen LogP contribution in [0.15, 0.2) is 96.0 Å². The second kappa shape index (κ2) is 10.6. The molecule has 0 unspecified atom stereocenters. The van der Waals surface area contributed by atoms with E-state index >= 15 is 0 Å². The van der Waals surface area contributed by atoms with Crippen molar-refractivity contribution in [1.29, 1.82) is 0 Å². The van der Waals surface area contributed by atoms with Gasteiger partial charge in [-0.3, -0.25) is 0 Å². The number of hydrogen-bond acceptors (Lipinski definition) is 6. The van der Waals surface area contributed by atoms with Crippen molar-refractivity contribution >= 4 is 41.2 Å². The molecule has 0 atom stereocenters. The summed E-state index contributed by atoms with van der Waals surface area (Å²) in [7, 11) is -7.13. The lowest BCUT2D eigenvalue weighted by Gasteiger charge is -2.37. The molecular formula is C25H26ClN2O4PS-. The van der Waals surface area contributed by atoms with Crippen LogP contribution in [-0.4, -0.2) is 9.97 Å². The van der Waals surface area contributed by atoms with E-state index < -0.39 is 17.5 Å². The first-order chi connectivity index (χ1) is 15.9. The highest BCUT2D eigenvalue weighted by Crippen LogP contribution is 2.55. The molecule has 179 valence electrons. The molecule has 4 rings (SSSR count). The van der Waals surface area contributed by atoms with Gasteiger partial charge in [0, 0.05) is 12.7 Å². The molecule has 4 aromatic rings. The van der Waals surface area contributed by atoms with Crippen LogP contribution in [0.2, 0.25) is 0 Å². The van der Waals surface area contributed by atoms with Gasteiger partial charge in [0.05, 0.1) is 5.44 Å². The summed E-state index contributed by atoms with van der Waals surface area (Å²) in [6.07, 6.45) is 0. The molecule has 0 aliphatic rings. The normalized spacial score (nSPS) is 12.1. The number of nitrogens with one attached hydrogen (secondary N) is 1. The van der Waals surface area contributed by atoms with Gasteiger partial charge in [-0.1, -0.05) is 112 Å². The first-order valence-corrected chi connectivity index (χ1v) is 13.9. The molecule has 0 bridgehead atoms. The Morgan fingerprint density at radius 3 is 1.29 bits per heavy atom. The first-order valence-electron chi connectivity index (χ1n) is 10.4. The second-order valence-electron chi connectivity index (χ2n) is 8.56. The predicted octanol–water partition coefficient (Wildman–Crippen LogP) is -0.141. The van der Waals surface area contributed by atoms with Crippen LogP contribution >= 0.6 is 19.9 Å². The fourth-order valence-electron chi connectivity index (χ4n) is 3.73. The Labute approximate surface area is 207 Å². The molecule has 0 aliphatic heterocycles. The van der Waals surface area contributed by atoms with E-state index in [1.807, 2.05) is 0 Å². The van der Waals surface area contributed by atoms with Gasteiger partial charge < -0.3 is 4.98 Å². The summed E-state index contributed by atoms with van der Waals surface area (Å²) in [4.78, 5) is 8.58. The molecule has 1 aromatic heterocycles. The van der Waals surface area contributed by atoms with Crippen LogP contribution in [0.25, 0.3) is 0 Å². The fourth-order valence-corrected chi connectivity index (χ4v) is 8.49. The van der Waals surface area contributed by atoms with E-state index in [1.165, 1.54) is 15.9 Å². The SMILES string of the molecule is CC(C)(C)c1nc(S)c([P](c2ccccc2)(c2ccccc2)c2ccccc2)[nH]1.[O-][Cl+3]([O-])([O-])[O-]. The Hall–Kier alpha value is -2.22. The van der Waals surface area contributed by atoms with Gasteiger partial charge in [0.2, 0.25) is 0 Å². The number of aromatic nitrogens is 2. The summed E-state index contributed by atoms with van der Waals surface area (Å²) in [5, 5.41) is 4.64. The maximum Gasteiger partial charge on any atom is 0.120 e. The fraction of sp³-hybridized carbons (Fsp3) is 0.160. The van der Waals surface area contributed by atoms with Crippen molar-refractivity contribution in [1.82, 2.24) is 9.97 Å². The van der Waals surface area contributed by atoms with Gasteiger partial charge in [-0.25, -0.2) is 23.6 Å². The highest BCUT2D eigenvalue weighted by Gasteiger charge is 2.40. The molecule has 9 heteroatoms. The van der Waals surface area contributed by atoms with E-state index in [-0.39, 0.29) is 5.41 Å². The van der Waals surface area contributed by atoms with Crippen LogP contribution in [0.3, 0.4) is 0 Å². The van der Waals surface area contributed by atoms with E-state index in [2.05, 4.69) is 117 Å².